The van der Waals surface area contributed by atoms with Crippen molar-refractivity contribution in [3.8, 4) is 0 Å². The number of nitrogens with one attached hydrogen (secondary N) is 1. The van der Waals surface area contributed by atoms with Crippen molar-refractivity contribution in [3.05, 3.63) is 12.2 Å². The fourth-order valence-electron chi connectivity index (χ4n) is 1.38. The van der Waals surface area contributed by atoms with Crippen molar-refractivity contribution in [2.75, 3.05) is 33.5 Å². The molecule has 1 aromatic heterocycles. The zero-order valence-electron chi connectivity index (χ0n) is 10.7. The summed E-state index contributed by atoms with van der Waals surface area (Å²) in [5.74, 6) is 0.932. The van der Waals surface area contributed by atoms with Gasteiger partial charge in [0.15, 0.2) is 0 Å². The summed E-state index contributed by atoms with van der Waals surface area (Å²) >= 11 is 0. The molecule has 0 saturated heterocycles. The van der Waals surface area contributed by atoms with Crippen LogP contribution in [0.25, 0.3) is 0 Å². The van der Waals surface area contributed by atoms with E-state index in [1.165, 1.54) is 0 Å². The topological polar surface area (TPSA) is 61.2 Å². The normalized spacial score (nSPS) is 10.9. The average molecular weight is 242 g/mol. The van der Waals surface area contributed by atoms with Crippen LogP contribution in [0.4, 0.5) is 0 Å². The van der Waals surface area contributed by atoms with E-state index in [1.807, 2.05) is 4.68 Å². The molecule has 0 aliphatic carbocycles. The summed E-state index contributed by atoms with van der Waals surface area (Å²) in [7, 11) is 1.69. The quantitative estimate of drug-likeness (QED) is 0.603. The molecule has 0 aliphatic heterocycles. The summed E-state index contributed by atoms with van der Waals surface area (Å²) in [6.07, 6.45) is 2.62. The zero-order chi connectivity index (χ0) is 12.3. The van der Waals surface area contributed by atoms with Crippen molar-refractivity contribution < 1.29 is 9.47 Å². The van der Waals surface area contributed by atoms with Crippen LogP contribution in [0.15, 0.2) is 6.33 Å². The highest BCUT2D eigenvalue weighted by Crippen LogP contribution is 1.94. The van der Waals surface area contributed by atoms with Crippen molar-refractivity contribution in [1.29, 1.82) is 0 Å². The van der Waals surface area contributed by atoms with Gasteiger partial charge in [-0.1, -0.05) is 6.92 Å². The second-order valence-corrected chi connectivity index (χ2v) is 3.68. The minimum Gasteiger partial charge on any atom is -0.383 e. The van der Waals surface area contributed by atoms with Gasteiger partial charge in [-0.05, 0) is 6.42 Å². The molecule has 0 atom stereocenters. The third kappa shape index (κ3) is 5.76. The predicted octanol–water partition coefficient (Wildman–Crippen LogP) is 0.441. The first kappa shape index (κ1) is 14.1. The van der Waals surface area contributed by atoms with Crippen molar-refractivity contribution in [2.45, 2.75) is 26.4 Å². The summed E-state index contributed by atoms with van der Waals surface area (Å²) in [6, 6.07) is 0. The van der Waals surface area contributed by atoms with Gasteiger partial charge >= 0.3 is 0 Å². The summed E-state index contributed by atoms with van der Waals surface area (Å²) in [4.78, 5) is 4.21. The summed E-state index contributed by atoms with van der Waals surface area (Å²) in [6.45, 7) is 6.56. The molecule has 6 nitrogen and oxygen atoms in total. The molecule has 0 radical (unpaired) electrons. The molecular formula is C11H22N4O2. The number of ether oxygens (including phenoxy) is 2. The molecule has 6 heteroatoms. The summed E-state index contributed by atoms with van der Waals surface area (Å²) in [5.41, 5.74) is 0. The molecule has 0 unspecified atom stereocenters. The third-order valence-electron chi connectivity index (χ3n) is 2.26. The SMILES string of the molecule is CCCOCCn1ncnc1CNCCOC. The van der Waals surface area contributed by atoms with Crippen LogP contribution in [0.5, 0.6) is 0 Å². The van der Waals surface area contributed by atoms with Crippen molar-refractivity contribution >= 4 is 0 Å². The van der Waals surface area contributed by atoms with Gasteiger partial charge in [-0.2, -0.15) is 5.10 Å². The number of methoxy groups -OCH3 is 1. The Morgan fingerprint density at radius 2 is 2.24 bits per heavy atom. The molecule has 0 fully saturated rings. The molecule has 0 aliphatic rings. The van der Waals surface area contributed by atoms with Crippen LogP contribution in [0.2, 0.25) is 0 Å². The molecule has 0 aromatic carbocycles. The van der Waals surface area contributed by atoms with E-state index in [9.17, 15) is 0 Å². The number of hydrogen-bond acceptors (Lipinski definition) is 5. The van der Waals surface area contributed by atoms with E-state index in [2.05, 4.69) is 22.3 Å². The van der Waals surface area contributed by atoms with E-state index < -0.39 is 0 Å². The van der Waals surface area contributed by atoms with Gasteiger partial charge in [-0.15, -0.1) is 0 Å². The van der Waals surface area contributed by atoms with Crippen molar-refractivity contribution in [2.24, 2.45) is 0 Å². The Labute approximate surface area is 102 Å². The molecule has 0 saturated carbocycles. The van der Waals surface area contributed by atoms with Crippen molar-refractivity contribution in [3.63, 3.8) is 0 Å². The van der Waals surface area contributed by atoms with Gasteiger partial charge < -0.3 is 14.8 Å². The van der Waals surface area contributed by atoms with E-state index >= 15 is 0 Å². The number of hydrogen-bond donors (Lipinski definition) is 1. The minimum absolute atomic E-state index is 0.683. The minimum atomic E-state index is 0.683. The lowest BCUT2D eigenvalue weighted by Crippen LogP contribution is -2.22. The first-order valence-electron chi connectivity index (χ1n) is 6.02. The first-order chi connectivity index (χ1) is 8.38. The van der Waals surface area contributed by atoms with Gasteiger partial charge in [-0.25, -0.2) is 9.67 Å². The molecular weight excluding hydrogens is 220 g/mol. The van der Waals surface area contributed by atoms with Crippen LogP contribution in [0.1, 0.15) is 19.2 Å². The van der Waals surface area contributed by atoms with Gasteiger partial charge in [0, 0.05) is 20.3 Å². The lowest BCUT2D eigenvalue weighted by Gasteiger charge is -2.07. The van der Waals surface area contributed by atoms with Crippen LogP contribution in [-0.2, 0) is 22.6 Å². The Kier molecular flexibility index (Phi) is 7.53. The molecule has 0 amide bonds. The average Bonchev–Trinajstić information content (AvgIpc) is 2.78. The fraction of sp³-hybridized carbons (Fsp3) is 0.818. The molecule has 1 rings (SSSR count). The predicted molar refractivity (Wildman–Crippen MR) is 64.7 cm³/mol. The highest BCUT2D eigenvalue weighted by atomic mass is 16.5. The number of nitrogens with zero attached hydrogens (tertiary/aromatic N) is 3. The maximum absolute atomic E-state index is 5.43. The van der Waals surface area contributed by atoms with Crippen molar-refractivity contribution in [1.82, 2.24) is 20.1 Å². The largest absolute Gasteiger partial charge is 0.383 e. The van der Waals surface area contributed by atoms with Crippen LogP contribution >= 0.6 is 0 Å². The van der Waals surface area contributed by atoms with Crippen LogP contribution in [0.3, 0.4) is 0 Å². The molecule has 98 valence electrons. The fourth-order valence-corrected chi connectivity index (χ4v) is 1.38. The lowest BCUT2D eigenvalue weighted by atomic mass is 10.5. The number of rotatable bonds is 10. The smallest absolute Gasteiger partial charge is 0.140 e. The summed E-state index contributed by atoms with van der Waals surface area (Å²) < 4.78 is 12.3. The Morgan fingerprint density at radius 3 is 3.00 bits per heavy atom. The maximum atomic E-state index is 5.43. The van der Waals surface area contributed by atoms with Gasteiger partial charge in [0.2, 0.25) is 0 Å². The molecule has 1 heterocycles. The van der Waals surface area contributed by atoms with Gasteiger partial charge in [0.1, 0.15) is 12.2 Å². The molecule has 0 spiro atoms. The monoisotopic (exact) mass is 242 g/mol. The summed E-state index contributed by atoms with van der Waals surface area (Å²) in [5, 5.41) is 7.41. The first-order valence-corrected chi connectivity index (χ1v) is 6.02. The Hall–Kier alpha value is -0.980. The second-order valence-electron chi connectivity index (χ2n) is 3.68. The van der Waals surface area contributed by atoms with Gasteiger partial charge in [0.25, 0.3) is 0 Å². The van der Waals surface area contributed by atoms with Gasteiger partial charge in [0.05, 0.1) is 26.3 Å². The Bertz CT molecular complexity index is 264. The van der Waals surface area contributed by atoms with Crippen LogP contribution < -0.4 is 5.32 Å². The molecule has 1 N–H and O–H groups in total. The van der Waals surface area contributed by atoms with E-state index in [0.29, 0.717) is 19.8 Å². The lowest BCUT2D eigenvalue weighted by molar-refractivity contribution is 0.123. The molecule has 1 aromatic rings. The maximum Gasteiger partial charge on any atom is 0.140 e. The standard InChI is InChI=1S/C11H22N4O2/c1-3-6-17-8-5-15-11(13-10-14-15)9-12-4-7-16-2/h10,12H,3-9H2,1-2H3. The van der Waals surface area contributed by atoms with Gasteiger partial charge in [-0.3, -0.25) is 0 Å². The number of aromatic nitrogens is 3. The molecule has 17 heavy (non-hydrogen) atoms. The van der Waals surface area contributed by atoms with E-state index in [1.54, 1.807) is 13.4 Å². The Morgan fingerprint density at radius 1 is 1.35 bits per heavy atom. The third-order valence-corrected chi connectivity index (χ3v) is 2.26. The highest BCUT2D eigenvalue weighted by Gasteiger charge is 2.03. The molecule has 0 bridgehead atoms. The Balaban J connectivity index is 2.22. The second kappa shape index (κ2) is 9.09. The highest BCUT2D eigenvalue weighted by molar-refractivity contribution is 4.83. The van der Waals surface area contributed by atoms with Crippen LogP contribution in [0, 0.1) is 0 Å². The van der Waals surface area contributed by atoms with E-state index in [0.717, 1.165) is 31.9 Å². The van der Waals surface area contributed by atoms with E-state index in [-0.39, 0.29) is 0 Å². The zero-order valence-corrected chi connectivity index (χ0v) is 10.7. The van der Waals surface area contributed by atoms with E-state index in [4.69, 9.17) is 9.47 Å². The van der Waals surface area contributed by atoms with Crippen LogP contribution in [-0.4, -0.2) is 48.2 Å².